The number of hydrogen-bond donors (Lipinski definition) is 1. The lowest BCUT2D eigenvalue weighted by Crippen LogP contribution is -2.49. The van der Waals surface area contributed by atoms with E-state index in [9.17, 15) is 4.79 Å². The second kappa shape index (κ2) is 5.58. The molecule has 2 heterocycles. The van der Waals surface area contributed by atoms with Crippen LogP contribution in [0.2, 0.25) is 5.15 Å². The van der Waals surface area contributed by atoms with E-state index in [1.165, 1.54) is 25.6 Å². The monoisotopic (exact) mass is 294 g/mol. The van der Waals surface area contributed by atoms with Gasteiger partial charge in [-0.15, -0.1) is 0 Å². The predicted octanol–water partition coefficient (Wildman–Crippen LogP) is 1.49. The summed E-state index contributed by atoms with van der Waals surface area (Å²) in [5.41, 5.74) is 6.67. The summed E-state index contributed by atoms with van der Waals surface area (Å²) < 4.78 is 0. The van der Waals surface area contributed by atoms with Crippen molar-refractivity contribution in [1.82, 2.24) is 14.8 Å². The Morgan fingerprint density at radius 3 is 2.70 bits per heavy atom. The number of halogens is 1. The number of piperazine rings is 1. The molecular formula is C14H19ClN4O. The van der Waals surface area contributed by atoms with E-state index in [-0.39, 0.29) is 5.91 Å². The summed E-state index contributed by atoms with van der Waals surface area (Å²) in [5.74, 6) is 0.852. The maximum atomic E-state index is 12.5. The van der Waals surface area contributed by atoms with Crippen LogP contribution in [0.1, 0.15) is 23.2 Å². The number of anilines is 1. The summed E-state index contributed by atoms with van der Waals surface area (Å²) in [7, 11) is 0. The van der Waals surface area contributed by atoms with Gasteiger partial charge in [-0.05, 0) is 24.8 Å². The molecule has 0 atom stereocenters. The molecule has 1 aromatic rings. The number of nitrogen functional groups attached to an aromatic ring is 1. The van der Waals surface area contributed by atoms with Crippen molar-refractivity contribution < 1.29 is 4.79 Å². The minimum Gasteiger partial charge on any atom is -0.397 e. The highest BCUT2D eigenvalue weighted by Crippen LogP contribution is 2.30. The van der Waals surface area contributed by atoms with E-state index >= 15 is 0 Å². The van der Waals surface area contributed by atoms with Gasteiger partial charge in [0, 0.05) is 32.7 Å². The number of amides is 1. The van der Waals surface area contributed by atoms with Gasteiger partial charge in [0.05, 0.1) is 17.4 Å². The Kier molecular flexibility index (Phi) is 3.81. The first-order valence-corrected chi connectivity index (χ1v) is 7.44. The van der Waals surface area contributed by atoms with Crippen LogP contribution < -0.4 is 5.73 Å². The van der Waals surface area contributed by atoms with Gasteiger partial charge in [-0.2, -0.15) is 0 Å². The molecule has 6 heteroatoms. The predicted molar refractivity (Wildman–Crippen MR) is 78.7 cm³/mol. The summed E-state index contributed by atoms with van der Waals surface area (Å²) in [6, 6.07) is 1.55. The maximum Gasteiger partial charge on any atom is 0.256 e. The zero-order valence-corrected chi connectivity index (χ0v) is 12.1. The molecular weight excluding hydrogens is 276 g/mol. The molecule has 0 unspecified atom stereocenters. The topological polar surface area (TPSA) is 62.5 Å². The number of carbonyl (C=O) groups is 1. The van der Waals surface area contributed by atoms with Crippen LogP contribution in [0, 0.1) is 5.92 Å². The molecule has 0 spiro atoms. The van der Waals surface area contributed by atoms with Crippen molar-refractivity contribution in [2.45, 2.75) is 12.8 Å². The van der Waals surface area contributed by atoms with E-state index in [1.54, 1.807) is 6.07 Å². The SMILES string of the molecule is Nc1cnc(Cl)cc1C(=O)N1CCN(CC2CC2)CC1. The van der Waals surface area contributed by atoms with E-state index in [0.717, 1.165) is 32.1 Å². The second-order valence-electron chi connectivity index (χ2n) is 5.63. The van der Waals surface area contributed by atoms with Crippen LogP contribution >= 0.6 is 11.6 Å². The van der Waals surface area contributed by atoms with E-state index < -0.39 is 0 Å². The van der Waals surface area contributed by atoms with Gasteiger partial charge in [0.2, 0.25) is 0 Å². The highest BCUT2D eigenvalue weighted by molar-refractivity contribution is 6.29. The molecule has 1 aromatic heterocycles. The van der Waals surface area contributed by atoms with Crippen molar-refractivity contribution in [3.05, 3.63) is 23.0 Å². The third-order valence-corrected chi connectivity index (χ3v) is 4.21. The van der Waals surface area contributed by atoms with Crippen LogP contribution in [-0.2, 0) is 0 Å². The number of carbonyl (C=O) groups excluding carboxylic acids is 1. The fourth-order valence-corrected chi connectivity index (χ4v) is 2.75. The van der Waals surface area contributed by atoms with Gasteiger partial charge in [-0.3, -0.25) is 9.69 Å². The summed E-state index contributed by atoms with van der Waals surface area (Å²) in [4.78, 5) is 20.6. The van der Waals surface area contributed by atoms with Crippen LogP contribution in [0.3, 0.4) is 0 Å². The molecule has 2 aliphatic rings. The van der Waals surface area contributed by atoms with Crippen molar-refractivity contribution in [2.75, 3.05) is 38.5 Å². The van der Waals surface area contributed by atoms with Gasteiger partial charge >= 0.3 is 0 Å². The van der Waals surface area contributed by atoms with Crippen molar-refractivity contribution >= 4 is 23.2 Å². The van der Waals surface area contributed by atoms with Gasteiger partial charge in [-0.1, -0.05) is 11.6 Å². The molecule has 2 fully saturated rings. The van der Waals surface area contributed by atoms with Gasteiger partial charge in [0.1, 0.15) is 5.15 Å². The van der Waals surface area contributed by atoms with Crippen LogP contribution in [-0.4, -0.2) is 53.4 Å². The Balaban J connectivity index is 1.61. The number of nitrogens with two attached hydrogens (primary N) is 1. The Hall–Kier alpha value is -1.33. The first kappa shape index (κ1) is 13.6. The molecule has 20 heavy (non-hydrogen) atoms. The highest BCUT2D eigenvalue weighted by atomic mass is 35.5. The summed E-state index contributed by atoms with van der Waals surface area (Å²) in [6.45, 7) is 4.59. The Morgan fingerprint density at radius 2 is 2.05 bits per heavy atom. The molecule has 1 amide bonds. The lowest BCUT2D eigenvalue weighted by Gasteiger charge is -2.35. The Bertz CT molecular complexity index is 510. The van der Waals surface area contributed by atoms with Crippen LogP contribution in [0.25, 0.3) is 0 Å². The minimum absolute atomic E-state index is 0.0436. The number of hydrogen-bond acceptors (Lipinski definition) is 4. The molecule has 1 aliphatic heterocycles. The quantitative estimate of drug-likeness (QED) is 0.858. The van der Waals surface area contributed by atoms with Crippen molar-refractivity contribution in [3.63, 3.8) is 0 Å². The molecule has 1 saturated carbocycles. The zero-order chi connectivity index (χ0) is 14.1. The van der Waals surface area contributed by atoms with E-state index in [4.69, 9.17) is 17.3 Å². The molecule has 1 aliphatic carbocycles. The zero-order valence-electron chi connectivity index (χ0n) is 11.4. The minimum atomic E-state index is -0.0436. The highest BCUT2D eigenvalue weighted by Gasteiger charge is 2.28. The summed E-state index contributed by atoms with van der Waals surface area (Å²) in [6.07, 6.45) is 4.18. The molecule has 108 valence electrons. The third kappa shape index (κ3) is 3.04. The lowest BCUT2D eigenvalue weighted by atomic mass is 10.2. The third-order valence-electron chi connectivity index (χ3n) is 4.00. The van der Waals surface area contributed by atoms with Crippen molar-refractivity contribution in [1.29, 1.82) is 0 Å². The van der Waals surface area contributed by atoms with Crippen molar-refractivity contribution in [3.8, 4) is 0 Å². The Labute approximate surface area is 123 Å². The molecule has 0 radical (unpaired) electrons. The van der Waals surface area contributed by atoms with E-state index in [2.05, 4.69) is 9.88 Å². The van der Waals surface area contributed by atoms with E-state index in [1.807, 2.05) is 4.90 Å². The van der Waals surface area contributed by atoms with Crippen LogP contribution in [0.5, 0.6) is 0 Å². The lowest BCUT2D eigenvalue weighted by molar-refractivity contribution is 0.0633. The van der Waals surface area contributed by atoms with Gasteiger partial charge < -0.3 is 10.6 Å². The summed E-state index contributed by atoms with van der Waals surface area (Å²) >= 11 is 5.84. The average Bonchev–Trinajstić information content (AvgIpc) is 3.26. The molecule has 5 nitrogen and oxygen atoms in total. The molecule has 2 N–H and O–H groups in total. The fraction of sp³-hybridized carbons (Fsp3) is 0.571. The second-order valence-corrected chi connectivity index (χ2v) is 6.02. The van der Waals surface area contributed by atoms with Gasteiger partial charge in [-0.25, -0.2) is 4.98 Å². The summed E-state index contributed by atoms with van der Waals surface area (Å²) in [5, 5.41) is 0.301. The molecule has 0 bridgehead atoms. The van der Waals surface area contributed by atoms with Crippen LogP contribution in [0.15, 0.2) is 12.3 Å². The standard InChI is InChI=1S/C14H19ClN4O/c15-13-7-11(12(16)8-17-13)14(20)19-5-3-18(4-6-19)9-10-1-2-10/h7-8,10H,1-6,9,16H2. The van der Waals surface area contributed by atoms with Crippen LogP contribution in [0.4, 0.5) is 5.69 Å². The van der Waals surface area contributed by atoms with Gasteiger partial charge in [0.25, 0.3) is 5.91 Å². The number of aromatic nitrogens is 1. The largest absolute Gasteiger partial charge is 0.397 e. The smallest absolute Gasteiger partial charge is 0.256 e. The normalized spacial score (nSPS) is 20.1. The van der Waals surface area contributed by atoms with E-state index in [0.29, 0.717) is 16.4 Å². The van der Waals surface area contributed by atoms with Crippen molar-refractivity contribution in [2.24, 2.45) is 5.92 Å². The number of pyridine rings is 1. The maximum absolute atomic E-state index is 12.5. The average molecular weight is 295 g/mol. The number of nitrogens with zero attached hydrogens (tertiary/aromatic N) is 3. The molecule has 0 aromatic carbocycles. The number of rotatable bonds is 3. The Morgan fingerprint density at radius 1 is 1.35 bits per heavy atom. The van der Waals surface area contributed by atoms with Gasteiger partial charge in [0.15, 0.2) is 0 Å². The molecule has 3 rings (SSSR count). The first-order valence-electron chi connectivity index (χ1n) is 7.06. The fourth-order valence-electron chi connectivity index (χ4n) is 2.60. The molecule has 1 saturated heterocycles. The first-order chi connectivity index (χ1) is 9.63.